The van der Waals surface area contributed by atoms with Crippen LogP contribution in [0.2, 0.25) is 0 Å². The summed E-state index contributed by atoms with van der Waals surface area (Å²) in [7, 11) is 0. The van der Waals surface area contributed by atoms with Crippen LogP contribution in [0.3, 0.4) is 0 Å². The Bertz CT molecular complexity index is 836. The van der Waals surface area contributed by atoms with Crippen LogP contribution in [-0.4, -0.2) is 10.8 Å². The Hall–Kier alpha value is -2.75. The van der Waals surface area contributed by atoms with E-state index in [-0.39, 0.29) is 5.82 Å². The predicted octanol–water partition coefficient (Wildman–Crippen LogP) is 4.05. The number of fused-ring (bicyclic) bond motifs is 1. The molecular formula is C17H14FN3. The van der Waals surface area contributed by atoms with E-state index in [9.17, 15) is 4.39 Å². The molecule has 3 nitrogen and oxygen atoms in total. The number of aliphatic imine (C=N–C) groups is 1. The Kier molecular flexibility index (Phi) is 3.36. The van der Waals surface area contributed by atoms with Crippen LogP contribution >= 0.6 is 0 Å². The lowest BCUT2D eigenvalue weighted by atomic mass is 10.1. The van der Waals surface area contributed by atoms with Gasteiger partial charge in [-0.3, -0.25) is 0 Å². The summed E-state index contributed by atoms with van der Waals surface area (Å²) in [6, 6.07) is 16.0. The van der Waals surface area contributed by atoms with Gasteiger partial charge in [-0.2, -0.15) is 0 Å². The van der Waals surface area contributed by atoms with E-state index in [4.69, 9.17) is 5.73 Å². The molecule has 1 heterocycles. The fourth-order valence-electron chi connectivity index (χ4n) is 2.21. The molecule has 2 aromatic carbocycles. The van der Waals surface area contributed by atoms with Crippen LogP contribution in [-0.2, 0) is 0 Å². The van der Waals surface area contributed by atoms with Crippen molar-refractivity contribution >= 4 is 22.4 Å². The highest BCUT2D eigenvalue weighted by Crippen LogP contribution is 2.25. The van der Waals surface area contributed by atoms with Crippen LogP contribution in [0.5, 0.6) is 0 Å². The summed E-state index contributed by atoms with van der Waals surface area (Å²) in [6.07, 6.45) is 0. The van der Waals surface area contributed by atoms with E-state index in [2.05, 4.69) is 9.98 Å². The predicted molar refractivity (Wildman–Crippen MR) is 84.1 cm³/mol. The van der Waals surface area contributed by atoms with Gasteiger partial charge in [0.1, 0.15) is 5.82 Å². The fourth-order valence-corrected chi connectivity index (χ4v) is 2.21. The summed E-state index contributed by atoms with van der Waals surface area (Å²) >= 11 is 0. The monoisotopic (exact) mass is 279 g/mol. The van der Waals surface area contributed by atoms with Crippen molar-refractivity contribution in [1.29, 1.82) is 0 Å². The molecule has 104 valence electrons. The number of hydrogen-bond acceptors (Lipinski definition) is 2. The number of halogens is 1. The van der Waals surface area contributed by atoms with Gasteiger partial charge in [0, 0.05) is 10.9 Å². The molecule has 0 aliphatic carbocycles. The molecule has 21 heavy (non-hydrogen) atoms. The highest BCUT2D eigenvalue weighted by Gasteiger charge is 2.06. The van der Waals surface area contributed by atoms with Crippen LogP contribution < -0.4 is 5.73 Å². The Balaban J connectivity index is 2.10. The molecule has 1 aromatic heterocycles. The Labute approximate surface area is 122 Å². The van der Waals surface area contributed by atoms with Gasteiger partial charge in [0.05, 0.1) is 22.7 Å². The third-order valence-corrected chi connectivity index (χ3v) is 3.13. The lowest BCUT2D eigenvalue weighted by Gasteiger charge is -2.05. The minimum Gasteiger partial charge on any atom is -0.387 e. The first-order valence-electron chi connectivity index (χ1n) is 6.60. The van der Waals surface area contributed by atoms with Crippen LogP contribution in [0.1, 0.15) is 6.92 Å². The van der Waals surface area contributed by atoms with E-state index in [1.165, 1.54) is 6.07 Å². The summed E-state index contributed by atoms with van der Waals surface area (Å²) in [5.74, 6) is 0.231. The number of aromatic nitrogens is 1. The summed E-state index contributed by atoms with van der Waals surface area (Å²) in [6.45, 7) is 1.74. The topological polar surface area (TPSA) is 51.3 Å². The lowest BCUT2D eigenvalue weighted by Crippen LogP contribution is -2.03. The molecule has 0 saturated heterocycles. The molecule has 0 atom stereocenters. The molecular weight excluding hydrogens is 265 g/mol. The van der Waals surface area contributed by atoms with Crippen molar-refractivity contribution in [2.24, 2.45) is 10.7 Å². The fraction of sp³-hybridized carbons (Fsp3) is 0.0588. The maximum atomic E-state index is 13.8. The molecule has 3 aromatic rings. The Morgan fingerprint density at radius 2 is 1.90 bits per heavy atom. The molecule has 0 saturated carbocycles. The average molecular weight is 279 g/mol. The van der Waals surface area contributed by atoms with Crippen molar-refractivity contribution < 1.29 is 4.39 Å². The number of nitrogens with zero attached hydrogens (tertiary/aromatic N) is 2. The van der Waals surface area contributed by atoms with E-state index in [1.807, 2.05) is 30.3 Å². The SMILES string of the molecule is CC(N)=Nc1ccc2nc(-c3ccccc3F)ccc2c1. The molecule has 0 fully saturated rings. The maximum Gasteiger partial charge on any atom is 0.132 e. The van der Waals surface area contributed by atoms with Crippen molar-refractivity contribution in [1.82, 2.24) is 4.98 Å². The van der Waals surface area contributed by atoms with Gasteiger partial charge in [0.15, 0.2) is 0 Å². The molecule has 0 bridgehead atoms. The first kappa shape index (κ1) is 13.2. The van der Waals surface area contributed by atoms with Gasteiger partial charge < -0.3 is 5.73 Å². The molecule has 4 heteroatoms. The number of benzene rings is 2. The molecule has 0 amide bonds. The second-order valence-corrected chi connectivity index (χ2v) is 4.81. The third-order valence-electron chi connectivity index (χ3n) is 3.13. The molecule has 0 unspecified atom stereocenters. The number of rotatable bonds is 2. The second-order valence-electron chi connectivity index (χ2n) is 4.81. The minimum absolute atomic E-state index is 0.274. The maximum absolute atomic E-state index is 13.8. The standard InChI is InChI=1S/C17H14FN3/c1-11(19)20-13-7-9-16-12(10-13)6-8-17(21-16)14-4-2-3-5-15(14)18/h2-10H,1H3,(H2,19,20). The zero-order valence-electron chi connectivity index (χ0n) is 11.5. The normalized spacial score (nSPS) is 11.8. The van der Waals surface area contributed by atoms with Gasteiger partial charge in [-0.25, -0.2) is 14.4 Å². The average Bonchev–Trinajstić information content (AvgIpc) is 2.47. The summed E-state index contributed by atoms with van der Waals surface area (Å²) in [4.78, 5) is 8.72. The summed E-state index contributed by atoms with van der Waals surface area (Å²) in [5, 5.41) is 0.942. The number of nitrogens with two attached hydrogens (primary N) is 1. The lowest BCUT2D eigenvalue weighted by molar-refractivity contribution is 0.631. The number of amidine groups is 1. The molecule has 0 radical (unpaired) electrons. The molecule has 0 aliphatic heterocycles. The minimum atomic E-state index is -0.274. The van der Waals surface area contributed by atoms with E-state index in [0.29, 0.717) is 17.1 Å². The Morgan fingerprint density at radius 1 is 1.10 bits per heavy atom. The quantitative estimate of drug-likeness (QED) is 0.568. The van der Waals surface area contributed by atoms with Crippen molar-refractivity contribution in [3.63, 3.8) is 0 Å². The highest BCUT2D eigenvalue weighted by molar-refractivity contribution is 5.86. The van der Waals surface area contributed by atoms with Crippen LogP contribution in [0, 0.1) is 5.82 Å². The largest absolute Gasteiger partial charge is 0.387 e. The Morgan fingerprint density at radius 3 is 2.67 bits per heavy atom. The number of hydrogen-bond donors (Lipinski definition) is 1. The van der Waals surface area contributed by atoms with Gasteiger partial charge >= 0.3 is 0 Å². The van der Waals surface area contributed by atoms with Gasteiger partial charge in [-0.05, 0) is 43.3 Å². The molecule has 0 spiro atoms. The van der Waals surface area contributed by atoms with E-state index >= 15 is 0 Å². The number of pyridine rings is 1. The zero-order valence-corrected chi connectivity index (χ0v) is 11.5. The van der Waals surface area contributed by atoms with E-state index in [1.54, 1.807) is 25.1 Å². The van der Waals surface area contributed by atoms with Crippen molar-refractivity contribution in [3.8, 4) is 11.3 Å². The van der Waals surface area contributed by atoms with Crippen LogP contribution in [0.15, 0.2) is 59.6 Å². The second kappa shape index (κ2) is 5.32. The zero-order chi connectivity index (χ0) is 14.8. The smallest absolute Gasteiger partial charge is 0.132 e. The van der Waals surface area contributed by atoms with Crippen LogP contribution in [0.4, 0.5) is 10.1 Å². The first-order valence-corrected chi connectivity index (χ1v) is 6.60. The van der Waals surface area contributed by atoms with E-state index in [0.717, 1.165) is 16.6 Å². The van der Waals surface area contributed by atoms with Gasteiger partial charge in [-0.15, -0.1) is 0 Å². The summed E-state index contributed by atoms with van der Waals surface area (Å²) < 4.78 is 13.8. The summed E-state index contributed by atoms with van der Waals surface area (Å²) in [5.41, 5.74) is 8.27. The van der Waals surface area contributed by atoms with Crippen molar-refractivity contribution in [2.75, 3.05) is 0 Å². The van der Waals surface area contributed by atoms with Crippen LogP contribution in [0.25, 0.3) is 22.2 Å². The van der Waals surface area contributed by atoms with E-state index < -0.39 is 0 Å². The molecule has 3 rings (SSSR count). The van der Waals surface area contributed by atoms with Gasteiger partial charge in [-0.1, -0.05) is 18.2 Å². The highest BCUT2D eigenvalue weighted by atomic mass is 19.1. The molecule has 2 N–H and O–H groups in total. The van der Waals surface area contributed by atoms with Crippen molar-refractivity contribution in [3.05, 3.63) is 60.4 Å². The van der Waals surface area contributed by atoms with Crippen molar-refractivity contribution in [2.45, 2.75) is 6.92 Å². The third kappa shape index (κ3) is 2.74. The first-order chi connectivity index (χ1) is 10.1. The van der Waals surface area contributed by atoms with Gasteiger partial charge in [0.25, 0.3) is 0 Å². The molecule has 0 aliphatic rings. The van der Waals surface area contributed by atoms with Gasteiger partial charge in [0.2, 0.25) is 0 Å².